The van der Waals surface area contributed by atoms with Crippen LogP contribution in [0.5, 0.6) is 0 Å². The normalized spacial score (nSPS) is 17.9. The molecule has 1 saturated carbocycles. The van der Waals surface area contributed by atoms with Crippen LogP contribution in [0.3, 0.4) is 0 Å². The van der Waals surface area contributed by atoms with Crippen molar-refractivity contribution in [3.63, 3.8) is 0 Å². The van der Waals surface area contributed by atoms with Crippen molar-refractivity contribution < 1.29 is 4.21 Å². The smallest absolute Gasteiger partial charge is 0.225 e. The first-order valence-electron chi connectivity index (χ1n) is 7.79. The minimum atomic E-state index is -2.18. The van der Waals surface area contributed by atoms with Gasteiger partial charge in [0, 0.05) is 34.7 Å². The van der Waals surface area contributed by atoms with Crippen LogP contribution < -0.4 is 4.90 Å². The summed E-state index contributed by atoms with van der Waals surface area (Å²) in [4.78, 5) is 10.9. The molecule has 3 heterocycles. The molecule has 0 spiro atoms. The summed E-state index contributed by atoms with van der Waals surface area (Å²) in [6, 6.07) is 2.22. The second-order valence-electron chi connectivity index (χ2n) is 6.49. The molecule has 7 nitrogen and oxygen atoms in total. The zero-order valence-electron chi connectivity index (χ0n) is 13.3. The summed E-state index contributed by atoms with van der Waals surface area (Å²) in [5.74, 6) is 1.36. The molecule has 122 valence electrons. The van der Waals surface area contributed by atoms with Crippen LogP contribution in [0.4, 0.5) is 11.6 Å². The SMILES string of the molecule is CS(C)(=O)=Nc1cnc(N2CCn3nc(C4CC4)cc3C2)nc1. The highest BCUT2D eigenvalue weighted by Gasteiger charge is 2.29. The zero-order valence-corrected chi connectivity index (χ0v) is 14.2. The lowest BCUT2D eigenvalue weighted by Gasteiger charge is -2.27. The Bertz CT molecular complexity index is 837. The first kappa shape index (κ1) is 14.6. The van der Waals surface area contributed by atoms with Gasteiger partial charge in [0.05, 0.1) is 36.9 Å². The van der Waals surface area contributed by atoms with E-state index >= 15 is 0 Å². The minimum Gasteiger partial charge on any atom is -0.333 e. The molecule has 0 saturated heterocycles. The molecule has 2 aromatic rings. The number of nitrogens with zero attached hydrogens (tertiary/aromatic N) is 6. The topological polar surface area (TPSA) is 76.3 Å². The molecule has 1 aliphatic heterocycles. The van der Waals surface area contributed by atoms with E-state index in [4.69, 9.17) is 5.10 Å². The minimum absolute atomic E-state index is 0.557. The Hall–Kier alpha value is -1.96. The number of rotatable bonds is 3. The molecule has 1 aliphatic carbocycles. The van der Waals surface area contributed by atoms with Crippen molar-refractivity contribution in [1.82, 2.24) is 19.7 Å². The highest BCUT2D eigenvalue weighted by molar-refractivity contribution is 7.92. The van der Waals surface area contributed by atoms with E-state index in [1.165, 1.54) is 24.2 Å². The largest absolute Gasteiger partial charge is 0.333 e. The third-order valence-electron chi connectivity index (χ3n) is 4.05. The molecule has 0 bridgehead atoms. The van der Waals surface area contributed by atoms with E-state index in [2.05, 4.69) is 30.0 Å². The van der Waals surface area contributed by atoms with Crippen LogP contribution in [0.1, 0.15) is 30.1 Å². The zero-order chi connectivity index (χ0) is 16.0. The molecule has 2 aliphatic rings. The fourth-order valence-electron chi connectivity index (χ4n) is 2.82. The van der Waals surface area contributed by atoms with Crippen LogP contribution in [-0.4, -0.2) is 43.0 Å². The van der Waals surface area contributed by atoms with Gasteiger partial charge in [-0.05, 0) is 18.9 Å². The van der Waals surface area contributed by atoms with Crippen molar-refractivity contribution in [2.45, 2.75) is 31.8 Å². The molecule has 0 unspecified atom stereocenters. The fourth-order valence-corrected chi connectivity index (χ4v) is 3.42. The molecule has 0 atom stereocenters. The second-order valence-corrected chi connectivity index (χ2v) is 9.04. The Labute approximate surface area is 135 Å². The van der Waals surface area contributed by atoms with Gasteiger partial charge in [-0.15, -0.1) is 0 Å². The van der Waals surface area contributed by atoms with Gasteiger partial charge >= 0.3 is 0 Å². The van der Waals surface area contributed by atoms with Crippen LogP contribution in [0.2, 0.25) is 0 Å². The van der Waals surface area contributed by atoms with Crippen LogP contribution >= 0.6 is 0 Å². The number of hydrogen-bond donors (Lipinski definition) is 0. The molecule has 1 fully saturated rings. The molecule has 8 heteroatoms. The highest BCUT2D eigenvalue weighted by atomic mass is 32.2. The lowest BCUT2D eigenvalue weighted by Crippen LogP contribution is -2.34. The first-order chi connectivity index (χ1) is 11.0. The molecule has 4 rings (SSSR count). The number of hydrogen-bond acceptors (Lipinski definition) is 6. The maximum absolute atomic E-state index is 11.7. The Morgan fingerprint density at radius 2 is 1.96 bits per heavy atom. The predicted octanol–water partition coefficient (Wildman–Crippen LogP) is 1.93. The van der Waals surface area contributed by atoms with Gasteiger partial charge in [0.15, 0.2) is 0 Å². The number of aromatic nitrogens is 4. The molecule has 0 amide bonds. The van der Waals surface area contributed by atoms with Gasteiger partial charge in [0.1, 0.15) is 5.69 Å². The summed E-state index contributed by atoms with van der Waals surface area (Å²) in [5, 5.41) is 4.70. The molecule has 0 radical (unpaired) electrons. The molecule has 0 aromatic carbocycles. The molecule has 2 aromatic heterocycles. The standard InChI is InChI=1S/C15H20N6OS/c1-23(2,22)19-12-8-16-15(17-9-12)20-5-6-21-13(10-20)7-14(18-21)11-3-4-11/h7-9,11H,3-6,10H2,1-2H3. The molecule has 0 N–H and O–H groups in total. The average Bonchev–Trinajstić information content (AvgIpc) is 3.25. The Balaban J connectivity index is 1.53. The summed E-state index contributed by atoms with van der Waals surface area (Å²) in [6.07, 6.45) is 9.01. The van der Waals surface area contributed by atoms with Gasteiger partial charge < -0.3 is 4.90 Å². The Kier molecular flexibility index (Phi) is 3.37. The quantitative estimate of drug-likeness (QED) is 0.858. The van der Waals surface area contributed by atoms with Crippen molar-refractivity contribution >= 4 is 21.4 Å². The van der Waals surface area contributed by atoms with E-state index in [0.717, 1.165) is 19.6 Å². The van der Waals surface area contributed by atoms with Crippen LogP contribution in [0, 0.1) is 0 Å². The van der Waals surface area contributed by atoms with Crippen LogP contribution in [-0.2, 0) is 22.8 Å². The predicted molar refractivity (Wildman–Crippen MR) is 89.4 cm³/mol. The summed E-state index contributed by atoms with van der Waals surface area (Å²) >= 11 is 0. The van der Waals surface area contributed by atoms with Gasteiger partial charge in [-0.2, -0.15) is 9.46 Å². The Morgan fingerprint density at radius 1 is 1.22 bits per heavy atom. The summed E-state index contributed by atoms with van der Waals surface area (Å²) < 4.78 is 17.9. The van der Waals surface area contributed by atoms with Crippen molar-refractivity contribution in [3.05, 3.63) is 29.8 Å². The van der Waals surface area contributed by atoms with E-state index in [9.17, 15) is 4.21 Å². The van der Waals surface area contributed by atoms with E-state index in [0.29, 0.717) is 17.6 Å². The van der Waals surface area contributed by atoms with Crippen molar-refractivity contribution in [2.75, 3.05) is 24.0 Å². The van der Waals surface area contributed by atoms with Crippen LogP contribution in [0.15, 0.2) is 22.8 Å². The third kappa shape index (κ3) is 3.21. The van der Waals surface area contributed by atoms with Crippen molar-refractivity contribution in [3.8, 4) is 0 Å². The third-order valence-corrected chi connectivity index (χ3v) is 4.70. The van der Waals surface area contributed by atoms with Gasteiger partial charge in [0.25, 0.3) is 0 Å². The monoisotopic (exact) mass is 332 g/mol. The van der Waals surface area contributed by atoms with Crippen molar-refractivity contribution in [2.24, 2.45) is 4.36 Å². The van der Waals surface area contributed by atoms with Crippen molar-refractivity contribution in [1.29, 1.82) is 0 Å². The maximum Gasteiger partial charge on any atom is 0.225 e. The number of anilines is 1. The molecule has 23 heavy (non-hydrogen) atoms. The van der Waals surface area contributed by atoms with E-state index < -0.39 is 9.73 Å². The van der Waals surface area contributed by atoms with Gasteiger partial charge in [-0.1, -0.05) is 0 Å². The highest BCUT2D eigenvalue weighted by Crippen LogP contribution is 2.39. The second kappa shape index (κ2) is 5.30. The summed E-state index contributed by atoms with van der Waals surface area (Å²) in [6.45, 7) is 2.47. The fraction of sp³-hybridized carbons (Fsp3) is 0.533. The first-order valence-corrected chi connectivity index (χ1v) is 10.1. The van der Waals surface area contributed by atoms with Gasteiger partial charge in [-0.3, -0.25) is 4.68 Å². The average molecular weight is 332 g/mol. The van der Waals surface area contributed by atoms with E-state index in [1.54, 1.807) is 24.9 Å². The Morgan fingerprint density at radius 3 is 2.61 bits per heavy atom. The lowest BCUT2D eigenvalue weighted by atomic mass is 10.2. The van der Waals surface area contributed by atoms with E-state index in [1.807, 2.05) is 0 Å². The molecular weight excluding hydrogens is 312 g/mol. The summed E-state index contributed by atoms with van der Waals surface area (Å²) in [5.41, 5.74) is 3.01. The van der Waals surface area contributed by atoms with Crippen LogP contribution in [0.25, 0.3) is 0 Å². The molecular formula is C15H20N6OS. The van der Waals surface area contributed by atoms with Gasteiger partial charge in [-0.25, -0.2) is 14.2 Å². The lowest BCUT2D eigenvalue weighted by molar-refractivity contribution is 0.510. The number of fused-ring (bicyclic) bond motifs is 1. The summed E-state index contributed by atoms with van der Waals surface area (Å²) in [7, 11) is -2.18. The van der Waals surface area contributed by atoms with Gasteiger partial charge in [0.2, 0.25) is 5.95 Å². The maximum atomic E-state index is 11.7. The van der Waals surface area contributed by atoms with E-state index in [-0.39, 0.29) is 0 Å².